The van der Waals surface area contributed by atoms with Gasteiger partial charge in [-0.25, -0.2) is 4.98 Å². The van der Waals surface area contributed by atoms with Gasteiger partial charge in [0.25, 0.3) is 0 Å². The van der Waals surface area contributed by atoms with E-state index in [1.165, 1.54) is 42.4 Å². The predicted octanol–water partition coefficient (Wildman–Crippen LogP) is 16.2. The zero-order valence-corrected chi connectivity index (χ0v) is 33.1. The summed E-state index contributed by atoms with van der Waals surface area (Å²) in [5, 5.41) is 4.56. The molecule has 0 aliphatic carbocycles. The van der Waals surface area contributed by atoms with Crippen LogP contribution in [0.25, 0.3) is 98.0 Å². The summed E-state index contributed by atoms with van der Waals surface area (Å²) in [7, 11) is 0. The molecule has 60 heavy (non-hydrogen) atoms. The molecule has 0 atom stereocenters. The highest BCUT2D eigenvalue weighted by Crippen LogP contribution is 2.43. The Bertz CT molecular complexity index is 3530. The average Bonchev–Trinajstić information content (AvgIpc) is 4.04. The van der Waals surface area contributed by atoms with Crippen molar-refractivity contribution in [2.24, 2.45) is 0 Å². The largest absolute Gasteiger partial charge is 0.456 e. The molecule has 0 N–H and O–H groups in total. The second-order valence-corrected chi connectivity index (χ2v) is 16.2. The topological polar surface area (TPSA) is 42.4 Å². The Morgan fingerprint density at radius 3 is 1.83 bits per heavy atom. The quantitative estimate of drug-likeness (QED) is 0.161. The Balaban J connectivity index is 0.919. The Morgan fingerprint density at radius 1 is 0.400 bits per heavy atom. The lowest BCUT2D eigenvalue weighted by molar-refractivity contribution is 0.622. The molecule has 5 heteroatoms. The van der Waals surface area contributed by atoms with Crippen LogP contribution in [0.1, 0.15) is 0 Å². The van der Waals surface area contributed by atoms with Crippen LogP contribution in [0.15, 0.2) is 215 Å². The van der Waals surface area contributed by atoms with Crippen LogP contribution in [0.3, 0.4) is 0 Å². The molecule has 0 amide bonds. The molecule has 0 spiro atoms. The smallest absolute Gasteiger partial charge is 0.227 e. The van der Waals surface area contributed by atoms with Gasteiger partial charge >= 0.3 is 0 Å². The molecule has 9 aromatic carbocycles. The van der Waals surface area contributed by atoms with Gasteiger partial charge < -0.3 is 13.7 Å². The Morgan fingerprint density at radius 2 is 1.03 bits per heavy atom. The standard InChI is InChI=1S/C55H34N2O2S/c1-3-11-35(12-4-1)39-15-9-16-43(33-39)57(42-28-23-37(24-29-42)44-18-10-19-46-45-17-7-8-20-51(45)60-54(44)46)41-26-21-36(22-27-41)40-25-30-47-50(34-40)58-49-32-31-48-53(52(47)49)59-55(56-48)38-13-5-2-6-14-38/h1-34H. The van der Waals surface area contributed by atoms with E-state index in [-0.39, 0.29) is 0 Å². The number of nitrogens with zero attached hydrogens (tertiary/aromatic N) is 2. The second kappa shape index (κ2) is 14.0. The molecule has 0 bridgehead atoms. The molecule has 12 rings (SSSR count). The summed E-state index contributed by atoms with van der Waals surface area (Å²) >= 11 is 1.86. The molecule has 0 fully saturated rings. The van der Waals surface area contributed by atoms with Gasteiger partial charge in [-0.1, -0.05) is 127 Å². The van der Waals surface area contributed by atoms with Gasteiger partial charge in [0.1, 0.15) is 16.7 Å². The van der Waals surface area contributed by atoms with Crippen molar-refractivity contribution in [3.05, 3.63) is 206 Å². The number of benzene rings is 9. The van der Waals surface area contributed by atoms with Crippen LogP contribution in [-0.4, -0.2) is 4.98 Å². The highest BCUT2D eigenvalue weighted by Gasteiger charge is 2.19. The molecule has 0 aliphatic heterocycles. The van der Waals surface area contributed by atoms with E-state index in [0.29, 0.717) is 5.89 Å². The summed E-state index contributed by atoms with van der Waals surface area (Å²) < 4.78 is 15.5. The molecule has 0 radical (unpaired) electrons. The summed E-state index contributed by atoms with van der Waals surface area (Å²) in [5.41, 5.74) is 14.3. The Kier molecular flexibility index (Phi) is 8.00. The van der Waals surface area contributed by atoms with Crippen molar-refractivity contribution < 1.29 is 8.83 Å². The SMILES string of the molecule is c1ccc(-c2cccc(N(c3ccc(-c4ccc5c(c4)oc4ccc6nc(-c7ccccc7)oc6c45)cc3)c3ccc(-c4cccc5c4sc4ccccc45)cc3)c2)cc1. The number of oxazole rings is 1. The van der Waals surface area contributed by atoms with E-state index in [0.717, 1.165) is 66.8 Å². The molecule has 0 saturated heterocycles. The van der Waals surface area contributed by atoms with Crippen LogP contribution in [0, 0.1) is 0 Å². The van der Waals surface area contributed by atoms with Gasteiger partial charge in [0.15, 0.2) is 5.58 Å². The van der Waals surface area contributed by atoms with Crippen molar-refractivity contribution in [2.75, 3.05) is 4.90 Å². The maximum Gasteiger partial charge on any atom is 0.227 e. The molecular formula is C55H34N2O2S. The van der Waals surface area contributed by atoms with Crippen LogP contribution in [-0.2, 0) is 0 Å². The van der Waals surface area contributed by atoms with E-state index in [2.05, 4.69) is 169 Å². The van der Waals surface area contributed by atoms with Gasteiger partial charge in [-0.15, -0.1) is 11.3 Å². The molecule has 3 heterocycles. The van der Waals surface area contributed by atoms with Gasteiger partial charge in [0.05, 0.1) is 5.39 Å². The zero-order valence-electron chi connectivity index (χ0n) is 32.2. The third-order valence-electron chi connectivity index (χ3n) is 11.5. The van der Waals surface area contributed by atoms with Crippen LogP contribution < -0.4 is 4.90 Å². The molecule has 0 aliphatic rings. The Labute approximate surface area is 349 Å². The zero-order chi connectivity index (χ0) is 39.6. The first kappa shape index (κ1) is 34.3. The fourth-order valence-electron chi connectivity index (χ4n) is 8.60. The lowest BCUT2D eigenvalue weighted by atomic mass is 10.0. The van der Waals surface area contributed by atoms with Gasteiger partial charge in [0, 0.05) is 48.2 Å². The average molecular weight is 787 g/mol. The molecule has 0 saturated carbocycles. The van der Waals surface area contributed by atoms with Crippen molar-refractivity contribution in [3.63, 3.8) is 0 Å². The number of furan rings is 1. The van der Waals surface area contributed by atoms with Crippen molar-refractivity contribution in [1.82, 2.24) is 4.98 Å². The lowest BCUT2D eigenvalue weighted by Gasteiger charge is -2.26. The monoisotopic (exact) mass is 786 g/mol. The molecule has 4 nitrogen and oxygen atoms in total. The van der Waals surface area contributed by atoms with Crippen molar-refractivity contribution in [3.8, 4) is 44.8 Å². The van der Waals surface area contributed by atoms with Crippen LogP contribution in [0.5, 0.6) is 0 Å². The normalized spacial score (nSPS) is 11.7. The Hall–Kier alpha value is -7.73. The summed E-state index contributed by atoms with van der Waals surface area (Å²) in [6.45, 7) is 0. The van der Waals surface area contributed by atoms with Crippen molar-refractivity contribution >= 4 is 81.6 Å². The van der Waals surface area contributed by atoms with Gasteiger partial charge in [-0.2, -0.15) is 0 Å². The van der Waals surface area contributed by atoms with Crippen molar-refractivity contribution in [2.45, 2.75) is 0 Å². The van der Waals surface area contributed by atoms with E-state index in [1.807, 2.05) is 53.8 Å². The van der Waals surface area contributed by atoms with Crippen LogP contribution in [0.4, 0.5) is 17.1 Å². The third-order valence-corrected chi connectivity index (χ3v) is 12.7. The summed E-state index contributed by atoms with van der Waals surface area (Å²) in [4.78, 5) is 7.14. The number of anilines is 3. The first-order valence-electron chi connectivity index (χ1n) is 20.1. The van der Waals surface area contributed by atoms with Gasteiger partial charge in [-0.3, -0.25) is 0 Å². The number of hydrogen-bond donors (Lipinski definition) is 0. The van der Waals surface area contributed by atoms with E-state index in [9.17, 15) is 0 Å². The predicted molar refractivity (Wildman–Crippen MR) is 251 cm³/mol. The fraction of sp³-hybridized carbons (Fsp3) is 0. The van der Waals surface area contributed by atoms with E-state index in [4.69, 9.17) is 13.8 Å². The molecule has 282 valence electrons. The minimum Gasteiger partial charge on any atom is -0.456 e. The van der Waals surface area contributed by atoms with Crippen molar-refractivity contribution in [1.29, 1.82) is 0 Å². The summed E-state index contributed by atoms with van der Waals surface area (Å²) in [6.07, 6.45) is 0. The fourth-order valence-corrected chi connectivity index (χ4v) is 9.84. The highest BCUT2D eigenvalue weighted by molar-refractivity contribution is 7.26. The molecule has 3 aromatic heterocycles. The van der Waals surface area contributed by atoms with Gasteiger partial charge in [0.2, 0.25) is 5.89 Å². The lowest BCUT2D eigenvalue weighted by Crippen LogP contribution is -2.10. The number of thiophene rings is 1. The summed E-state index contributed by atoms with van der Waals surface area (Å²) in [6, 6.07) is 72.9. The molecule has 0 unspecified atom stereocenters. The molecular weight excluding hydrogens is 753 g/mol. The summed E-state index contributed by atoms with van der Waals surface area (Å²) in [5.74, 6) is 0.603. The first-order chi connectivity index (χ1) is 29.7. The number of rotatable bonds is 7. The minimum atomic E-state index is 0.603. The third kappa shape index (κ3) is 5.78. The van der Waals surface area contributed by atoms with E-state index < -0.39 is 0 Å². The number of aromatic nitrogens is 1. The molecule has 12 aromatic rings. The minimum absolute atomic E-state index is 0.603. The van der Waals surface area contributed by atoms with Gasteiger partial charge in [-0.05, 0) is 112 Å². The maximum atomic E-state index is 6.45. The van der Waals surface area contributed by atoms with E-state index in [1.54, 1.807) is 0 Å². The second-order valence-electron chi connectivity index (χ2n) is 15.1. The number of hydrogen-bond acceptors (Lipinski definition) is 5. The van der Waals surface area contributed by atoms with Crippen LogP contribution >= 0.6 is 11.3 Å². The van der Waals surface area contributed by atoms with Crippen LogP contribution in [0.2, 0.25) is 0 Å². The maximum absolute atomic E-state index is 6.45. The van der Waals surface area contributed by atoms with E-state index >= 15 is 0 Å². The first-order valence-corrected chi connectivity index (χ1v) is 20.9. The highest BCUT2D eigenvalue weighted by atomic mass is 32.1. The number of fused-ring (bicyclic) bond motifs is 8.